The molecule has 1 N–H and O–H groups in total. The lowest BCUT2D eigenvalue weighted by molar-refractivity contribution is 0.101. The van der Waals surface area contributed by atoms with E-state index in [-0.39, 0.29) is 5.91 Å². The summed E-state index contributed by atoms with van der Waals surface area (Å²) in [4.78, 5) is 12.9. The van der Waals surface area contributed by atoms with Crippen LogP contribution in [0.2, 0.25) is 5.02 Å². The zero-order valence-electron chi connectivity index (χ0n) is 15.7. The van der Waals surface area contributed by atoms with Gasteiger partial charge in [-0.25, -0.2) is 0 Å². The van der Waals surface area contributed by atoms with Gasteiger partial charge in [0.1, 0.15) is 5.69 Å². The minimum absolute atomic E-state index is 0.270. The van der Waals surface area contributed by atoms with Crippen molar-refractivity contribution in [1.82, 2.24) is 14.9 Å². The van der Waals surface area contributed by atoms with E-state index in [0.29, 0.717) is 27.4 Å². The number of anilines is 1. The molecular weight excluding hydrogens is 444 g/mol. The molecule has 1 aliphatic rings. The summed E-state index contributed by atoms with van der Waals surface area (Å²) in [6.07, 6.45) is 4.18. The molecule has 0 aliphatic heterocycles. The number of fused-ring (bicyclic) bond motifs is 1. The summed E-state index contributed by atoms with van der Waals surface area (Å²) in [5.74, 6) is 0.491. The summed E-state index contributed by atoms with van der Waals surface area (Å²) in [6.45, 7) is 4.39. The van der Waals surface area contributed by atoms with E-state index in [0.717, 1.165) is 54.0 Å². The van der Waals surface area contributed by atoms with Crippen molar-refractivity contribution < 1.29 is 9.32 Å². The molecule has 0 radical (unpaired) electrons. The number of carbonyl (C=O) groups is 1. The molecule has 6 nitrogen and oxygen atoms in total. The fraction of sp³-hybridized carbons (Fsp3) is 0.350. The lowest BCUT2D eigenvalue weighted by atomic mass is 9.94. The molecule has 2 aromatic heterocycles. The van der Waals surface area contributed by atoms with Gasteiger partial charge in [-0.3, -0.25) is 9.48 Å². The maximum absolute atomic E-state index is 12.9. The van der Waals surface area contributed by atoms with Crippen LogP contribution in [0.25, 0.3) is 11.3 Å². The number of hydrogen-bond donors (Lipinski definition) is 1. The Kier molecular flexibility index (Phi) is 5.29. The number of hydrogen-bond acceptors (Lipinski definition) is 4. The number of nitrogens with one attached hydrogen (secondary N) is 1. The average Bonchev–Trinajstić information content (AvgIpc) is 3.24. The minimum Gasteiger partial charge on any atom is -0.356 e. The van der Waals surface area contributed by atoms with Crippen LogP contribution in [0.4, 0.5) is 5.69 Å². The first-order valence-corrected chi connectivity index (χ1v) is 10.5. The van der Waals surface area contributed by atoms with E-state index in [1.165, 1.54) is 0 Å². The average molecular weight is 464 g/mol. The molecule has 1 aromatic carbocycles. The SMILES string of the molecule is CCn1nc(C)c(Br)c1C(=O)Nc1cc(-c2onc3c2CCCC3)ccc1Cl. The van der Waals surface area contributed by atoms with Crippen molar-refractivity contribution in [3.8, 4) is 11.3 Å². The van der Waals surface area contributed by atoms with Crippen LogP contribution in [0.15, 0.2) is 27.2 Å². The largest absolute Gasteiger partial charge is 0.356 e. The summed E-state index contributed by atoms with van der Waals surface area (Å²) < 4.78 is 7.97. The van der Waals surface area contributed by atoms with Gasteiger partial charge in [0.15, 0.2) is 5.76 Å². The highest BCUT2D eigenvalue weighted by molar-refractivity contribution is 9.10. The molecule has 146 valence electrons. The van der Waals surface area contributed by atoms with Gasteiger partial charge in [-0.2, -0.15) is 5.10 Å². The Hall–Kier alpha value is -2.12. The van der Waals surface area contributed by atoms with Crippen molar-refractivity contribution in [1.29, 1.82) is 0 Å². The first-order chi connectivity index (χ1) is 13.5. The topological polar surface area (TPSA) is 73.0 Å². The van der Waals surface area contributed by atoms with Crippen molar-refractivity contribution in [2.75, 3.05) is 5.32 Å². The number of benzene rings is 1. The molecule has 4 rings (SSSR count). The monoisotopic (exact) mass is 462 g/mol. The lowest BCUT2D eigenvalue weighted by Gasteiger charge is -2.12. The second-order valence-corrected chi connectivity index (χ2v) is 8.06. The van der Waals surface area contributed by atoms with Crippen molar-refractivity contribution >= 4 is 39.1 Å². The van der Waals surface area contributed by atoms with Crippen LogP contribution in [0, 0.1) is 6.92 Å². The van der Waals surface area contributed by atoms with Crippen LogP contribution in [0.1, 0.15) is 47.2 Å². The second kappa shape index (κ2) is 7.72. The Morgan fingerprint density at radius 2 is 2.14 bits per heavy atom. The predicted molar refractivity (Wildman–Crippen MR) is 112 cm³/mol. The Morgan fingerprint density at radius 3 is 2.93 bits per heavy atom. The Morgan fingerprint density at radius 1 is 1.36 bits per heavy atom. The summed E-state index contributed by atoms with van der Waals surface area (Å²) >= 11 is 9.82. The van der Waals surface area contributed by atoms with Crippen molar-refractivity contribution in [3.05, 3.63) is 50.3 Å². The third-order valence-corrected chi connectivity index (χ3v) is 6.28. The number of halogens is 2. The molecule has 0 saturated heterocycles. The molecule has 3 aromatic rings. The van der Waals surface area contributed by atoms with E-state index in [4.69, 9.17) is 16.1 Å². The summed E-state index contributed by atoms with van der Waals surface area (Å²) in [6, 6.07) is 5.49. The van der Waals surface area contributed by atoms with E-state index in [1.807, 2.05) is 26.0 Å². The quantitative estimate of drug-likeness (QED) is 0.561. The van der Waals surface area contributed by atoms with Gasteiger partial charge in [-0.15, -0.1) is 0 Å². The zero-order chi connectivity index (χ0) is 19.8. The van der Waals surface area contributed by atoms with Gasteiger partial charge < -0.3 is 9.84 Å². The number of aryl methyl sites for hydroxylation is 3. The standard InChI is InChI=1S/C20H20BrClN4O2/c1-3-26-18(17(21)11(2)24-26)20(27)23-16-10-12(8-9-14(16)22)19-13-6-4-5-7-15(13)25-28-19/h8-10H,3-7H2,1-2H3,(H,23,27). The summed E-state index contributed by atoms with van der Waals surface area (Å²) in [5.41, 5.74) is 4.81. The number of carbonyl (C=O) groups excluding carboxylic acids is 1. The maximum Gasteiger partial charge on any atom is 0.275 e. The number of rotatable bonds is 4. The molecule has 0 unspecified atom stereocenters. The van der Waals surface area contributed by atoms with Gasteiger partial charge in [0.25, 0.3) is 5.91 Å². The van der Waals surface area contributed by atoms with E-state index in [2.05, 4.69) is 31.5 Å². The second-order valence-electron chi connectivity index (χ2n) is 6.86. The number of amides is 1. The lowest BCUT2D eigenvalue weighted by Crippen LogP contribution is -2.18. The molecule has 8 heteroatoms. The van der Waals surface area contributed by atoms with Gasteiger partial charge >= 0.3 is 0 Å². The smallest absolute Gasteiger partial charge is 0.275 e. The molecule has 0 atom stereocenters. The first kappa shape index (κ1) is 19.2. The molecule has 0 bridgehead atoms. The molecule has 28 heavy (non-hydrogen) atoms. The minimum atomic E-state index is -0.270. The third-order valence-electron chi connectivity index (χ3n) is 5.01. The summed E-state index contributed by atoms with van der Waals surface area (Å²) in [5, 5.41) is 12.0. The first-order valence-electron chi connectivity index (χ1n) is 9.31. The maximum atomic E-state index is 12.9. The van der Waals surface area contributed by atoms with Crippen LogP contribution in [0.5, 0.6) is 0 Å². The van der Waals surface area contributed by atoms with E-state index in [1.54, 1.807) is 10.7 Å². The normalized spacial score (nSPS) is 13.4. The Labute approximate surface area is 176 Å². The van der Waals surface area contributed by atoms with E-state index in [9.17, 15) is 4.79 Å². The molecule has 0 spiro atoms. The fourth-order valence-electron chi connectivity index (χ4n) is 3.57. The van der Waals surface area contributed by atoms with Crippen LogP contribution in [0.3, 0.4) is 0 Å². The van der Waals surface area contributed by atoms with Crippen LogP contribution in [-0.4, -0.2) is 20.8 Å². The highest BCUT2D eigenvalue weighted by Gasteiger charge is 2.23. The summed E-state index contributed by atoms with van der Waals surface area (Å²) in [7, 11) is 0. The van der Waals surface area contributed by atoms with E-state index >= 15 is 0 Å². The van der Waals surface area contributed by atoms with Crippen LogP contribution in [-0.2, 0) is 19.4 Å². The predicted octanol–water partition coefficient (Wildman–Crippen LogP) is 5.41. The van der Waals surface area contributed by atoms with Gasteiger partial charge in [0.2, 0.25) is 0 Å². The number of aromatic nitrogens is 3. The number of nitrogens with zero attached hydrogens (tertiary/aromatic N) is 3. The van der Waals surface area contributed by atoms with Crippen molar-refractivity contribution in [2.24, 2.45) is 0 Å². The molecule has 1 aliphatic carbocycles. The molecular formula is C20H20BrClN4O2. The van der Waals surface area contributed by atoms with Gasteiger partial charge in [-0.05, 0) is 73.7 Å². The van der Waals surface area contributed by atoms with Gasteiger partial charge in [-0.1, -0.05) is 16.8 Å². The van der Waals surface area contributed by atoms with Crippen molar-refractivity contribution in [3.63, 3.8) is 0 Å². The molecule has 1 amide bonds. The fourth-order valence-corrected chi connectivity index (χ4v) is 4.20. The molecule has 0 saturated carbocycles. The Bertz CT molecular complexity index is 1060. The van der Waals surface area contributed by atoms with E-state index < -0.39 is 0 Å². The van der Waals surface area contributed by atoms with Crippen molar-refractivity contribution in [2.45, 2.75) is 46.1 Å². The highest BCUT2D eigenvalue weighted by Crippen LogP contribution is 2.35. The molecule has 0 fully saturated rings. The highest BCUT2D eigenvalue weighted by atomic mass is 79.9. The zero-order valence-corrected chi connectivity index (χ0v) is 18.0. The van der Waals surface area contributed by atoms with Gasteiger partial charge in [0, 0.05) is 17.7 Å². The molecule has 2 heterocycles. The van der Waals surface area contributed by atoms with Crippen LogP contribution < -0.4 is 5.32 Å². The third kappa shape index (κ3) is 3.37. The van der Waals surface area contributed by atoms with Gasteiger partial charge in [0.05, 0.1) is 26.6 Å². The van der Waals surface area contributed by atoms with Crippen LogP contribution >= 0.6 is 27.5 Å². The Balaban J connectivity index is 1.67.